The van der Waals surface area contributed by atoms with Gasteiger partial charge in [0.05, 0.1) is 24.1 Å². The second kappa shape index (κ2) is 8.30. The predicted molar refractivity (Wildman–Crippen MR) is 105 cm³/mol. The first-order chi connectivity index (χ1) is 13.7. The lowest BCUT2D eigenvalue weighted by Gasteiger charge is -2.11. The molecular formula is C20H18F3N3O2S. The van der Waals surface area contributed by atoms with Gasteiger partial charge in [0.25, 0.3) is 5.91 Å². The molecule has 0 aliphatic heterocycles. The Labute approximate surface area is 170 Å². The Morgan fingerprint density at radius 1 is 1.10 bits per heavy atom. The Bertz CT molecular complexity index is 999. The summed E-state index contributed by atoms with van der Waals surface area (Å²) in [5.74, 6) is -0.472. The number of nitrogens with zero attached hydrogens (tertiary/aromatic N) is 3. The van der Waals surface area contributed by atoms with Crippen LogP contribution in [0, 0.1) is 0 Å². The lowest BCUT2D eigenvalue weighted by molar-refractivity contribution is -0.137. The topological polar surface area (TPSA) is 47.4 Å². The summed E-state index contributed by atoms with van der Waals surface area (Å²) in [4.78, 5) is 18.4. The molecule has 152 valence electrons. The number of aromatic nitrogens is 2. The maximum atomic E-state index is 12.9. The van der Waals surface area contributed by atoms with Gasteiger partial charge in [-0.15, -0.1) is 11.8 Å². The minimum atomic E-state index is -4.43. The van der Waals surface area contributed by atoms with Gasteiger partial charge in [-0.05, 0) is 48.7 Å². The van der Waals surface area contributed by atoms with Gasteiger partial charge in [0.2, 0.25) is 0 Å². The number of amides is 1. The van der Waals surface area contributed by atoms with Crippen LogP contribution < -0.4 is 0 Å². The fourth-order valence-corrected chi connectivity index (χ4v) is 3.09. The van der Waals surface area contributed by atoms with Crippen molar-refractivity contribution in [1.82, 2.24) is 14.8 Å². The van der Waals surface area contributed by atoms with Gasteiger partial charge in [-0.25, -0.2) is 9.75 Å². The van der Waals surface area contributed by atoms with E-state index in [4.69, 9.17) is 4.84 Å². The molecule has 1 heterocycles. The van der Waals surface area contributed by atoms with E-state index in [-0.39, 0.29) is 5.69 Å². The first-order valence-electron chi connectivity index (χ1n) is 8.49. The van der Waals surface area contributed by atoms with E-state index < -0.39 is 17.6 Å². The lowest BCUT2D eigenvalue weighted by atomic mass is 10.1. The standard InChI is InChI=1S/C20H18F3N3O2S/c1-25(28-2)19(27)17-12-18(13-4-10-16(29-3)11-5-13)26(24-17)15-8-6-14(7-9-15)20(21,22)23/h4-12H,1-3H3. The Hall–Kier alpha value is -2.78. The van der Waals surface area contributed by atoms with Crippen LogP contribution in [0.4, 0.5) is 13.2 Å². The van der Waals surface area contributed by atoms with Crippen molar-refractivity contribution in [3.05, 3.63) is 65.9 Å². The molecule has 3 rings (SSSR count). The quantitative estimate of drug-likeness (QED) is 0.434. The monoisotopic (exact) mass is 421 g/mol. The average molecular weight is 421 g/mol. The largest absolute Gasteiger partial charge is 0.416 e. The van der Waals surface area contributed by atoms with E-state index in [1.807, 2.05) is 30.5 Å². The summed E-state index contributed by atoms with van der Waals surface area (Å²) in [6.45, 7) is 0. The van der Waals surface area contributed by atoms with Crippen molar-refractivity contribution < 1.29 is 22.8 Å². The highest BCUT2D eigenvalue weighted by Gasteiger charge is 2.30. The summed E-state index contributed by atoms with van der Waals surface area (Å²) in [5, 5.41) is 5.35. The number of hydroxylamine groups is 2. The Kier molecular flexibility index (Phi) is 5.99. The Morgan fingerprint density at radius 3 is 2.24 bits per heavy atom. The molecule has 0 bridgehead atoms. The van der Waals surface area contributed by atoms with Crippen molar-refractivity contribution in [1.29, 1.82) is 0 Å². The van der Waals surface area contributed by atoms with Gasteiger partial charge in [-0.2, -0.15) is 18.3 Å². The van der Waals surface area contributed by atoms with Crippen molar-refractivity contribution in [3.8, 4) is 16.9 Å². The SMILES string of the molecule is CON(C)C(=O)c1cc(-c2ccc(SC)cc2)n(-c2ccc(C(F)(F)F)cc2)n1. The molecule has 0 aliphatic rings. The van der Waals surface area contributed by atoms with Crippen molar-refractivity contribution in [2.24, 2.45) is 0 Å². The number of hydrogen-bond acceptors (Lipinski definition) is 4. The van der Waals surface area contributed by atoms with Crippen LogP contribution in [-0.4, -0.2) is 41.2 Å². The Morgan fingerprint density at radius 2 is 1.72 bits per heavy atom. The highest BCUT2D eigenvalue weighted by atomic mass is 32.2. The van der Waals surface area contributed by atoms with Crippen LogP contribution in [0.2, 0.25) is 0 Å². The van der Waals surface area contributed by atoms with Crippen LogP contribution >= 0.6 is 11.8 Å². The van der Waals surface area contributed by atoms with E-state index in [0.717, 1.165) is 27.7 Å². The number of carbonyl (C=O) groups excluding carboxylic acids is 1. The molecule has 0 saturated heterocycles. The fraction of sp³-hybridized carbons (Fsp3) is 0.200. The van der Waals surface area contributed by atoms with Gasteiger partial charge in [-0.1, -0.05) is 12.1 Å². The number of benzene rings is 2. The summed E-state index contributed by atoms with van der Waals surface area (Å²) >= 11 is 1.59. The molecular weight excluding hydrogens is 403 g/mol. The Balaban J connectivity index is 2.10. The summed E-state index contributed by atoms with van der Waals surface area (Å²) in [6.07, 6.45) is -2.47. The van der Waals surface area contributed by atoms with E-state index in [9.17, 15) is 18.0 Å². The van der Waals surface area contributed by atoms with E-state index >= 15 is 0 Å². The minimum absolute atomic E-state index is 0.109. The molecule has 29 heavy (non-hydrogen) atoms. The molecule has 0 spiro atoms. The number of rotatable bonds is 5. The predicted octanol–water partition coefficient (Wildman–Crippen LogP) is 4.91. The molecule has 9 heteroatoms. The number of alkyl halides is 3. The van der Waals surface area contributed by atoms with E-state index in [1.165, 1.54) is 31.0 Å². The minimum Gasteiger partial charge on any atom is -0.274 e. The molecule has 2 aromatic carbocycles. The van der Waals surface area contributed by atoms with Crippen LogP contribution in [0.25, 0.3) is 16.9 Å². The van der Waals surface area contributed by atoms with Crippen molar-refractivity contribution in [2.75, 3.05) is 20.4 Å². The number of thioether (sulfide) groups is 1. The van der Waals surface area contributed by atoms with Gasteiger partial charge < -0.3 is 0 Å². The third-order valence-electron chi connectivity index (χ3n) is 4.31. The van der Waals surface area contributed by atoms with E-state index in [1.54, 1.807) is 17.8 Å². The first kappa shape index (κ1) is 20.9. The molecule has 1 aromatic heterocycles. The number of halogens is 3. The zero-order valence-corrected chi connectivity index (χ0v) is 16.7. The maximum absolute atomic E-state index is 12.9. The summed E-state index contributed by atoms with van der Waals surface area (Å²) in [6, 6.07) is 13.8. The molecule has 0 radical (unpaired) electrons. The number of hydrogen-bond donors (Lipinski definition) is 0. The average Bonchev–Trinajstić information content (AvgIpc) is 3.17. The van der Waals surface area contributed by atoms with Gasteiger partial charge in [0.1, 0.15) is 0 Å². The summed E-state index contributed by atoms with van der Waals surface area (Å²) in [7, 11) is 2.80. The second-order valence-electron chi connectivity index (χ2n) is 6.08. The summed E-state index contributed by atoms with van der Waals surface area (Å²) in [5.41, 5.74) is 1.11. The van der Waals surface area contributed by atoms with Crippen molar-refractivity contribution in [2.45, 2.75) is 11.1 Å². The zero-order valence-electron chi connectivity index (χ0n) is 15.9. The smallest absolute Gasteiger partial charge is 0.274 e. The molecule has 1 amide bonds. The first-order valence-corrected chi connectivity index (χ1v) is 9.71. The summed E-state index contributed by atoms with van der Waals surface area (Å²) < 4.78 is 40.1. The molecule has 5 nitrogen and oxygen atoms in total. The van der Waals surface area contributed by atoms with Crippen LogP contribution in [0.15, 0.2) is 59.5 Å². The highest BCUT2D eigenvalue weighted by molar-refractivity contribution is 7.98. The molecule has 0 atom stereocenters. The van der Waals surface area contributed by atoms with Gasteiger partial charge in [-0.3, -0.25) is 9.63 Å². The lowest BCUT2D eigenvalue weighted by Crippen LogP contribution is -2.25. The van der Waals surface area contributed by atoms with Gasteiger partial charge in [0.15, 0.2) is 5.69 Å². The van der Waals surface area contributed by atoms with Gasteiger partial charge >= 0.3 is 6.18 Å². The normalized spacial score (nSPS) is 11.5. The van der Waals surface area contributed by atoms with E-state index in [0.29, 0.717) is 11.4 Å². The van der Waals surface area contributed by atoms with Crippen LogP contribution in [-0.2, 0) is 11.0 Å². The van der Waals surface area contributed by atoms with Gasteiger partial charge in [0, 0.05) is 17.5 Å². The fourth-order valence-electron chi connectivity index (χ4n) is 2.69. The second-order valence-corrected chi connectivity index (χ2v) is 6.96. The van der Waals surface area contributed by atoms with Crippen LogP contribution in [0.3, 0.4) is 0 Å². The maximum Gasteiger partial charge on any atom is 0.416 e. The zero-order chi connectivity index (χ0) is 21.2. The molecule has 0 unspecified atom stereocenters. The third kappa shape index (κ3) is 4.46. The van der Waals surface area contributed by atoms with Crippen LogP contribution in [0.1, 0.15) is 16.1 Å². The molecule has 0 fully saturated rings. The number of carbonyl (C=O) groups is 1. The highest BCUT2D eigenvalue weighted by Crippen LogP contribution is 2.31. The third-order valence-corrected chi connectivity index (χ3v) is 5.06. The molecule has 0 N–H and O–H groups in total. The van der Waals surface area contributed by atoms with Crippen molar-refractivity contribution in [3.63, 3.8) is 0 Å². The molecule has 0 aliphatic carbocycles. The van der Waals surface area contributed by atoms with Crippen molar-refractivity contribution >= 4 is 17.7 Å². The van der Waals surface area contributed by atoms with Crippen LogP contribution in [0.5, 0.6) is 0 Å². The molecule has 3 aromatic rings. The van der Waals surface area contributed by atoms with E-state index in [2.05, 4.69) is 5.10 Å². The molecule has 0 saturated carbocycles.